The van der Waals surface area contributed by atoms with Gasteiger partial charge in [-0.15, -0.1) is 0 Å². The second-order valence-corrected chi connectivity index (χ2v) is 13.8. The number of aliphatic hydroxyl groups is 1. The van der Waals surface area contributed by atoms with Gasteiger partial charge in [0.05, 0.1) is 12.1 Å². The lowest BCUT2D eigenvalue weighted by molar-refractivity contribution is -0.131. The van der Waals surface area contributed by atoms with Crippen molar-refractivity contribution in [3.63, 3.8) is 0 Å². The van der Waals surface area contributed by atoms with Crippen molar-refractivity contribution in [2.45, 2.75) is 125 Å². The lowest BCUT2D eigenvalue weighted by Crippen LogP contribution is -2.58. The molecule has 0 aliphatic carbocycles. The van der Waals surface area contributed by atoms with Crippen LogP contribution < -0.4 is 21.3 Å². The molecule has 0 heterocycles. The van der Waals surface area contributed by atoms with Gasteiger partial charge in [0.25, 0.3) is 0 Å². The van der Waals surface area contributed by atoms with E-state index in [1.165, 1.54) is 0 Å². The summed E-state index contributed by atoms with van der Waals surface area (Å²) >= 11 is 0. The molecule has 10 heteroatoms. The van der Waals surface area contributed by atoms with Crippen molar-refractivity contribution < 1.29 is 29.0 Å². The minimum absolute atomic E-state index is 0.143. The number of rotatable bonds is 17. The summed E-state index contributed by atoms with van der Waals surface area (Å²) in [7, 11) is 0. The molecule has 0 aliphatic heterocycles. The van der Waals surface area contributed by atoms with Crippen LogP contribution in [-0.4, -0.2) is 65.3 Å². The van der Waals surface area contributed by atoms with Crippen LogP contribution in [0.5, 0.6) is 0 Å². The summed E-state index contributed by atoms with van der Waals surface area (Å²) in [5, 5.41) is 22.6. The van der Waals surface area contributed by atoms with Gasteiger partial charge in [0, 0.05) is 18.9 Å². The summed E-state index contributed by atoms with van der Waals surface area (Å²) < 4.78 is 5.39. The van der Waals surface area contributed by atoms with Crippen LogP contribution >= 0.6 is 0 Å². The Hall–Kier alpha value is -3.14. The van der Waals surface area contributed by atoms with Gasteiger partial charge in [-0.3, -0.25) is 14.4 Å². The molecular formula is C34H58N4O6. The number of hydrogen-bond acceptors (Lipinski definition) is 6. The highest BCUT2D eigenvalue weighted by Crippen LogP contribution is 2.17. The number of aliphatic hydroxyl groups excluding tert-OH is 1. The summed E-state index contributed by atoms with van der Waals surface area (Å²) in [6.07, 6.45) is -0.224. The molecule has 0 aliphatic rings. The SMILES string of the molecule is CC[C@H](C)[C@H](NC(=O)OC(C)(C)C)C(=O)N[C@@H](Cc1ccccc1)C(=O)N[C@@H](CC(C)C)[C@@H](O)C[C@@H](C)C(=O)NCC(C)C. The Morgan fingerprint density at radius 2 is 1.43 bits per heavy atom. The number of carbonyl (C=O) groups excluding carboxylic acids is 4. The van der Waals surface area contributed by atoms with E-state index in [1.807, 2.05) is 71.9 Å². The van der Waals surface area contributed by atoms with Gasteiger partial charge in [0.2, 0.25) is 17.7 Å². The fourth-order valence-corrected chi connectivity index (χ4v) is 4.67. The van der Waals surface area contributed by atoms with E-state index in [0.29, 0.717) is 25.3 Å². The minimum Gasteiger partial charge on any atom is -0.444 e. The molecule has 0 radical (unpaired) electrons. The predicted octanol–water partition coefficient (Wildman–Crippen LogP) is 4.34. The number of hydrogen-bond donors (Lipinski definition) is 5. The molecule has 0 unspecified atom stereocenters. The first-order valence-electron chi connectivity index (χ1n) is 16.0. The van der Waals surface area contributed by atoms with Gasteiger partial charge in [-0.2, -0.15) is 0 Å². The number of carbonyl (C=O) groups is 4. The molecule has 1 aromatic carbocycles. The quantitative estimate of drug-likeness (QED) is 0.176. The van der Waals surface area contributed by atoms with Crippen LogP contribution in [0.1, 0.15) is 94.1 Å². The van der Waals surface area contributed by atoms with Crippen molar-refractivity contribution in [2.24, 2.45) is 23.7 Å². The van der Waals surface area contributed by atoms with E-state index in [2.05, 4.69) is 21.3 Å². The van der Waals surface area contributed by atoms with Crippen LogP contribution in [0.3, 0.4) is 0 Å². The molecule has 0 saturated carbocycles. The van der Waals surface area contributed by atoms with Crippen molar-refractivity contribution in [3.05, 3.63) is 35.9 Å². The van der Waals surface area contributed by atoms with E-state index >= 15 is 0 Å². The van der Waals surface area contributed by atoms with Crippen molar-refractivity contribution in [3.8, 4) is 0 Å². The maximum absolute atomic E-state index is 13.8. The summed E-state index contributed by atoms with van der Waals surface area (Å²) in [5.41, 5.74) is 0.0966. The Morgan fingerprint density at radius 1 is 0.818 bits per heavy atom. The Bertz CT molecular complexity index is 1040. The third kappa shape index (κ3) is 15.0. The van der Waals surface area contributed by atoms with E-state index in [4.69, 9.17) is 4.74 Å². The lowest BCUT2D eigenvalue weighted by Gasteiger charge is -2.31. The van der Waals surface area contributed by atoms with Crippen LogP contribution in [0, 0.1) is 23.7 Å². The van der Waals surface area contributed by atoms with Crippen molar-refractivity contribution in [1.82, 2.24) is 21.3 Å². The molecule has 1 aromatic rings. The normalized spacial score (nSPS) is 15.8. The number of nitrogens with one attached hydrogen (secondary N) is 4. The third-order valence-corrected chi connectivity index (χ3v) is 7.33. The largest absolute Gasteiger partial charge is 0.444 e. The van der Waals surface area contributed by atoms with Gasteiger partial charge in [-0.05, 0) is 56.9 Å². The molecule has 4 amide bonds. The maximum Gasteiger partial charge on any atom is 0.408 e. The molecule has 0 bridgehead atoms. The van der Waals surface area contributed by atoms with E-state index in [0.717, 1.165) is 5.56 Å². The van der Waals surface area contributed by atoms with Gasteiger partial charge in [0.1, 0.15) is 17.7 Å². The fraction of sp³-hybridized carbons (Fsp3) is 0.706. The zero-order chi connectivity index (χ0) is 33.6. The highest BCUT2D eigenvalue weighted by Gasteiger charge is 2.33. The van der Waals surface area contributed by atoms with Gasteiger partial charge in [0.15, 0.2) is 0 Å². The minimum atomic E-state index is -0.981. The third-order valence-electron chi connectivity index (χ3n) is 7.33. The zero-order valence-corrected chi connectivity index (χ0v) is 28.5. The molecule has 6 atom stereocenters. The van der Waals surface area contributed by atoms with Crippen LogP contribution in [0.25, 0.3) is 0 Å². The van der Waals surface area contributed by atoms with Gasteiger partial charge >= 0.3 is 6.09 Å². The van der Waals surface area contributed by atoms with Crippen molar-refractivity contribution in [1.29, 1.82) is 0 Å². The van der Waals surface area contributed by atoms with Crippen molar-refractivity contribution in [2.75, 3.05) is 6.54 Å². The Morgan fingerprint density at radius 3 is 1.95 bits per heavy atom. The molecule has 0 saturated heterocycles. The van der Waals surface area contributed by atoms with Gasteiger partial charge < -0.3 is 31.1 Å². The summed E-state index contributed by atoms with van der Waals surface area (Å²) in [4.78, 5) is 52.6. The highest BCUT2D eigenvalue weighted by atomic mass is 16.6. The first-order chi connectivity index (χ1) is 20.4. The molecule has 5 N–H and O–H groups in total. The molecule has 1 rings (SSSR count). The predicted molar refractivity (Wildman–Crippen MR) is 174 cm³/mol. The number of alkyl carbamates (subject to hydrolysis) is 1. The van der Waals surface area contributed by atoms with E-state index in [9.17, 15) is 24.3 Å². The summed E-state index contributed by atoms with van der Waals surface area (Å²) in [6.45, 7) is 19.3. The monoisotopic (exact) mass is 618 g/mol. The molecule has 0 aromatic heterocycles. The highest BCUT2D eigenvalue weighted by molar-refractivity contribution is 5.91. The second-order valence-electron chi connectivity index (χ2n) is 13.8. The molecule has 10 nitrogen and oxygen atoms in total. The van der Waals surface area contributed by atoms with Gasteiger partial charge in [-0.1, -0.05) is 85.2 Å². The smallest absolute Gasteiger partial charge is 0.408 e. The first kappa shape index (κ1) is 38.9. The Kier molecular flexibility index (Phi) is 16.5. The first-order valence-corrected chi connectivity index (χ1v) is 16.0. The average Bonchev–Trinajstić information content (AvgIpc) is 2.92. The summed E-state index contributed by atoms with van der Waals surface area (Å²) in [5.74, 6) is -1.33. The molecule has 0 fully saturated rings. The van der Waals surface area contributed by atoms with Crippen molar-refractivity contribution >= 4 is 23.8 Å². The van der Waals surface area contributed by atoms with E-state index in [1.54, 1.807) is 27.7 Å². The molecule has 250 valence electrons. The average molecular weight is 619 g/mol. The van der Waals surface area contributed by atoms with Crippen LogP contribution in [0.15, 0.2) is 30.3 Å². The summed E-state index contributed by atoms with van der Waals surface area (Å²) in [6, 6.07) is 6.78. The van der Waals surface area contributed by atoms with E-state index in [-0.39, 0.29) is 30.6 Å². The second kappa shape index (κ2) is 18.6. The number of benzene rings is 1. The maximum atomic E-state index is 13.8. The Balaban J connectivity index is 3.20. The van der Waals surface area contributed by atoms with Crippen LogP contribution in [-0.2, 0) is 25.5 Å². The molecular weight excluding hydrogens is 560 g/mol. The molecule has 0 spiro atoms. The van der Waals surface area contributed by atoms with E-state index < -0.39 is 53.7 Å². The Labute approximate surface area is 264 Å². The number of ether oxygens (including phenoxy) is 1. The number of amides is 4. The standard InChI is InChI=1S/C34H58N4O6/c1-11-23(6)29(38-33(43)44-34(8,9)10)32(42)37-27(19-25-15-13-12-14-16-25)31(41)36-26(17-21(2)3)28(39)18-24(7)30(40)35-20-22(4)5/h12-16,21-24,26-29,39H,11,17-20H2,1-10H3,(H,35,40)(H,36,41)(H,37,42)(H,38,43)/t23-,24+,26-,27-,28-,29-/m0/s1. The van der Waals surface area contributed by atoms with Crippen LogP contribution in [0.2, 0.25) is 0 Å². The lowest BCUT2D eigenvalue weighted by atomic mass is 9.92. The van der Waals surface area contributed by atoms with Gasteiger partial charge in [-0.25, -0.2) is 4.79 Å². The topological polar surface area (TPSA) is 146 Å². The fourth-order valence-electron chi connectivity index (χ4n) is 4.67. The zero-order valence-electron chi connectivity index (χ0n) is 28.5. The van der Waals surface area contributed by atoms with Crippen LogP contribution in [0.4, 0.5) is 4.79 Å². The molecule has 44 heavy (non-hydrogen) atoms.